The Bertz CT molecular complexity index is 833. The standard InChI is InChI=1S/C23H24N2O2/c1-27-21-14-12-20(13-15-21)22(24-16-18-8-4-2-5-9-18)23(26)25-17-19-10-6-3-7-11-19/h2-15,22,24H,16-17H2,1H3,(H,25,26). The van der Waals surface area contributed by atoms with Crippen molar-refractivity contribution < 1.29 is 9.53 Å². The van der Waals surface area contributed by atoms with Crippen LogP contribution in [0.4, 0.5) is 0 Å². The molecule has 0 radical (unpaired) electrons. The van der Waals surface area contributed by atoms with Gasteiger partial charge in [0.15, 0.2) is 0 Å². The summed E-state index contributed by atoms with van der Waals surface area (Å²) in [5.74, 6) is 0.713. The molecule has 0 aliphatic carbocycles. The molecule has 0 bridgehead atoms. The van der Waals surface area contributed by atoms with Crippen LogP contribution < -0.4 is 15.4 Å². The largest absolute Gasteiger partial charge is 0.497 e. The fourth-order valence-corrected chi connectivity index (χ4v) is 2.86. The number of amides is 1. The third-order valence-corrected chi connectivity index (χ3v) is 4.37. The lowest BCUT2D eigenvalue weighted by atomic mass is 10.0. The molecule has 0 spiro atoms. The number of nitrogens with one attached hydrogen (secondary N) is 2. The summed E-state index contributed by atoms with van der Waals surface area (Å²) in [4.78, 5) is 12.9. The molecule has 0 fully saturated rings. The Balaban J connectivity index is 1.72. The van der Waals surface area contributed by atoms with Gasteiger partial charge >= 0.3 is 0 Å². The summed E-state index contributed by atoms with van der Waals surface area (Å²) in [6.07, 6.45) is 0. The summed E-state index contributed by atoms with van der Waals surface area (Å²) in [5.41, 5.74) is 3.10. The van der Waals surface area contributed by atoms with Gasteiger partial charge in [0.1, 0.15) is 11.8 Å². The van der Waals surface area contributed by atoms with Crippen LogP contribution in [-0.4, -0.2) is 13.0 Å². The van der Waals surface area contributed by atoms with E-state index in [0.29, 0.717) is 13.1 Å². The molecule has 0 aliphatic rings. The maximum Gasteiger partial charge on any atom is 0.242 e. The number of carbonyl (C=O) groups excluding carboxylic acids is 1. The maximum atomic E-state index is 12.9. The molecule has 1 amide bonds. The SMILES string of the molecule is COc1ccc(C(NCc2ccccc2)C(=O)NCc2ccccc2)cc1. The van der Waals surface area contributed by atoms with Gasteiger partial charge in [0, 0.05) is 13.1 Å². The van der Waals surface area contributed by atoms with Crippen LogP contribution in [0.1, 0.15) is 22.7 Å². The maximum absolute atomic E-state index is 12.9. The predicted molar refractivity (Wildman–Crippen MR) is 107 cm³/mol. The van der Waals surface area contributed by atoms with Gasteiger partial charge in [-0.05, 0) is 28.8 Å². The van der Waals surface area contributed by atoms with E-state index in [1.807, 2.05) is 84.9 Å². The monoisotopic (exact) mass is 360 g/mol. The Labute approximate surface area is 160 Å². The van der Waals surface area contributed by atoms with E-state index < -0.39 is 6.04 Å². The quantitative estimate of drug-likeness (QED) is 0.642. The van der Waals surface area contributed by atoms with Crippen molar-refractivity contribution >= 4 is 5.91 Å². The first kappa shape index (κ1) is 18.7. The van der Waals surface area contributed by atoms with Crippen molar-refractivity contribution in [2.24, 2.45) is 0 Å². The molecule has 138 valence electrons. The number of benzene rings is 3. The summed E-state index contributed by atoms with van der Waals surface area (Å²) in [6, 6.07) is 27.1. The number of hydrogen-bond donors (Lipinski definition) is 2. The van der Waals surface area contributed by atoms with Crippen LogP contribution in [-0.2, 0) is 17.9 Å². The predicted octanol–water partition coefficient (Wildman–Crippen LogP) is 3.84. The van der Waals surface area contributed by atoms with E-state index in [1.165, 1.54) is 0 Å². The van der Waals surface area contributed by atoms with Crippen LogP contribution in [0, 0.1) is 0 Å². The number of hydrogen-bond acceptors (Lipinski definition) is 3. The Hall–Kier alpha value is -3.11. The number of carbonyl (C=O) groups is 1. The molecular formula is C23H24N2O2. The fourth-order valence-electron chi connectivity index (χ4n) is 2.86. The van der Waals surface area contributed by atoms with Gasteiger partial charge in [-0.25, -0.2) is 0 Å². The second kappa shape index (κ2) is 9.55. The average molecular weight is 360 g/mol. The second-order valence-corrected chi connectivity index (χ2v) is 6.28. The lowest BCUT2D eigenvalue weighted by Crippen LogP contribution is -2.37. The van der Waals surface area contributed by atoms with Crippen molar-refractivity contribution in [2.75, 3.05) is 7.11 Å². The molecule has 0 saturated carbocycles. The van der Waals surface area contributed by atoms with Crippen molar-refractivity contribution in [1.29, 1.82) is 0 Å². The van der Waals surface area contributed by atoms with E-state index >= 15 is 0 Å². The average Bonchev–Trinajstić information content (AvgIpc) is 2.74. The van der Waals surface area contributed by atoms with Gasteiger partial charge in [-0.1, -0.05) is 72.8 Å². The van der Waals surface area contributed by atoms with Gasteiger partial charge in [0.2, 0.25) is 5.91 Å². The smallest absolute Gasteiger partial charge is 0.242 e. The molecule has 3 aromatic carbocycles. The molecule has 2 N–H and O–H groups in total. The molecule has 27 heavy (non-hydrogen) atoms. The zero-order valence-corrected chi connectivity index (χ0v) is 15.4. The van der Waals surface area contributed by atoms with E-state index in [1.54, 1.807) is 7.11 Å². The van der Waals surface area contributed by atoms with Crippen LogP contribution >= 0.6 is 0 Å². The van der Waals surface area contributed by atoms with Crippen LogP contribution in [0.3, 0.4) is 0 Å². The minimum absolute atomic E-state index is 0.0556. The van der Waals surface area contributed by atoms with Crippen LogP contribution in [0.5, 0.6) is 5.75 Å². The van der Waals surface area contributed by atoms with Crippen LogP contribution in [0.2, 0.25) is 0 Å². The highest BCUT2D eigenvalue weighted by molar-refractivity contribution is 5.83. The third-order valence-electron chi connectivity index (χ3n) is 4.37. The topological polar surface area (TPSA) is 50.4 Å². The van der Waals surface area contributed by atoms with E-state index in [-0.39, 0.29) is 5.91 Å². The highest BCUT2D eigenvalue weighted by Crippen LogP contribution is 2.19. The first-order chi connectivity index (χ1) is 13.3. The van der Waals surface area contributed by atoms with Gasteiger partial charge in [0.25, 0.3) is 0 Å². The van der Waals surface area contributed by atoms with Gasteiger partial charge in [-0.15, -0.1) is 0 Å². The first-order valence-corrected chi connectivity index (χ1v) is 8.99. The summed E-state index contributed by atoms with van der Waals surface area (Å²) in [7, 11) is 1.63. The summed E-state index contributed by atoms with van der Waals surface area (Å²) in [5, 5.41) is 6.40. The van der Waals surface area contributed by atoms with Gasteiger partial charge in [-0.2, -0.15) is 0 Å². The molecule has 3 rings (SSSR count). The highest BCUT2D eigenvalue weighted by atomic mass is 16.5. The molecule has 1 unspecified atom stereocenters. The number of rotatable bonds is 8. The van der Waals surface area contributed by atoms with Crippen molar-refractivity contribution in [2.45, 2.75) is 19.1 Å². The molecule has 0 heterocycles. The lowest BCUT2D eigenvalue weighted by molar-refractivity contribution is -0.123. The molecule has 0 aliphatic heterocycles. The Morgan fingerprint density at radius 1 is 0.815 bits per heavy atom. The summed E-state index contributed by atoms with van der Waals surface area (Å²) in [6.45, 7) is 1.11. The molecule has 1 atom stereocenters. The van der Waals surface area contributed by atoms with Gasteiger partial charge in [0.05, 0.1) is 7.11 Å². The molecular weight excluding hydrogens is 336 g/mol. The fraction of sp³-hybridized carbons (Fsp3) is 0.174. The number of ether oxygens (including phenoxy) is 1. The Morgan fingerprint density at radius 3 is 1.93 bits per heavy atom. The Kier molecular flexibility index (Phi) is 6.61. The minimum atomic E-state index is -0.445. The molecule has 4 heteroatoms. The van der Waals surface area contributed by atoms with Crippen LogP contribution in [0.25, 0.3) is 0 Å². The summed E-state index contributed by atoms with van der Waals surface area (Å²) < 4.78 is 5.22. The third kappa shape index (κ3) is 5.43. The molecule has 4 nitrogen and oxygen atoms in total. The Morgan fingerprint density at radius 2 is 1.37 bits per heavy atom. The molecule has 0 aromatic heterocycles. The minimum Gasteiger partial charge on any atom is -0.497 e. The van der Waals surface area contributed by atoms with E-state index in [2.05, 4.69) is 10.6 Å². The zero-order chi connectivity index (χ0) is 18.9. The molecule has 0 saturated heterocycles. The van der Waals surface area contributed by atoms with Crippen molar-refractivity contribution in [3.63, 3.8) is 0 Å². The van der Waals surface area contributed by atoms with Crippen molar-refractivity contribution in [3.8, 4) is 5.75 Å². The highest BCUT2D eigenvalue weighted by Gasteiger charge is 2.20. The van der Waals surface area contributed by atoms with Crippen molar-refractivity contribution in [1.82, 2.24) is 10.6 Å². The van der Waals surface area contributed by atoms with E-state index in [9.17, 15) is 4.79 Å². The first-order valence-electron chi connectivity index (χ1n) is 8.99. The van der Waals surface area contributed by atoms with Crippen molar-refractivity contribution in [3.05, 3.63) is 102 Å². The zero-order valence-electron chi connectivity index (χ0n) is 15.4. The molecule has 3 aromatic rings. The second-order valence-electron chi connectivity index (χ2n) is 6.28. The van der Waals surface area contributed by atoms with E-state index in [4.69, 9.17) is 4.74 Å². The van der Waals surface area contributed by atoms with Crippen LogP contribution in [0.15, 0.2) is 84.9 Å². The lowest BCUT2D eigenvalue weighted by Gasteiger charge is -2.19. The van der Waals surface area contributed by atoms with Gasteiger partial charge in [-0.3, -0.25) is 10.1 Å². The number of methoxy groups -OCH3 is 1. The van der Waals surface area contributed by atoms with Gasteiger partial charge < -0.3 is 10.1 Å². The normalized spacial score (nSPS) is 11.6. The summed E-state index contributed by atoms with van der Waals surface area (Å²) >= 11 is 0. The van der Waals surface area contributed by atoms with E-state index in [0.717, 1.165) is 22.4 Å².